The van der Waals surface area contributed by atoms with E-state index in [-0.39, 0.29) is 0 Å². The quantitative estimate of drug-likeness (QED) is 0.253. The topological polar surface area (TPSA) is 0 Å². The fourth-order valence-corrected chi connectivity index (χ4v) is 3.10. The van der Waals surface area contributed by atoms with Gasteiger partial charge in [0, 0.05) is 0 Å². The largest absolute Gasteiger partial charge is 0.152 e. The maximum atomic E-state index is 4.73. The summed E-state index contributed by atoms with van der Waals surface area (Å²) in [4.78, 5) is 0. The Balaban J connectivity index is 3.48. The summed E-state index contributed by atoms with van der Waals surface area (Å²) in [6.07, 6.45) is 14.4. The summed E-state index contributed by atoms with van der Waals surface area (Å²) in [5.74, 6) is 0. The van der Waals surface area contributed by atoms with Crippen LogP contribution in [0.25, 0.3) is 0 Å². The third-order valence-corrected chi connectivity index (χ3v) is 4.31. The highest BCUT2D eigenvalue weighted by Gasteiger charge is 2.38. The molecule has 1 rings (SSSR count). The van der Waals surface area contributed by atoms with E-state index in [1.807, 2.05) is 19.1 Å². The highest BCUT2D eigenvalue weighted by Crippen LogP contribution is 2.50. The van der Waals surface area contributed by atoms with Crippen molar-refractivity contribution in [3.05, 3.63) is 96.7 Å². The number of hydrogen-bond donors (Lipinski definition) is 2. The minimum atomic E-state index is -0.709. The van der Waals surface area contributed by atoms with Crippen molar-refractivity contribution in [2.75, 3.05) is 0 Å². The second kappa shape index (κ2) is 7.58. The van der Waals surface area contributed by atoms with Gasteiger partial charge in [0.2, 0.25) is 0 Å². The van der Waals surface area contributed by atoms with E-state index in [9.17, 15) is 0 Å². The zero-order valence-electron chi connectivity index (χ0n) is 12.5. The van der Waals surface area contributed by atoms with Gasteiger partial charge in [-0.25, -0.2) is 0 Å². The van der Waals surface area contributed by atoms with Gasteiger partial charge in [-0.2, -0.15) is 25.3 Å². The second-order valence-electron chi connectivity index (χ2n) is 4.63. The molecule has 1 aliphatic carbocycles. The molecule has 0 radical (unpaired) electrons. The molecule has 110 valence electrons. The van der Waals surface area contributed by atoms with E-state index in [0.29, 0.717) is 0 Å². The Bertz CT molecular complexity index is 593. The molecule has 0 aromatic heterocycles. The van der Waals surface area contributed by atoms with Crippen LogP contribution in [-0.4, -0.2) is 4.08 Å². The van der Waals surface area contributed by atoms with Gasteiger partial charge in [0.05, 0.1) is 0 Å². The highest BCUT2D eigenvalue weighted by atomic mass is 32.2. The number of thiol groups is 2. The molecule has 0 spiro atoms. The van der Waals surface area contributed by atoms with Gasteiger partial charge in [0.1, 0.15) is 4.08 Å². The predicted octanol–water partition coefficient (Wildman–Crippen LogP) is 5.79. The SMILES string of the molecule is C=CC(=C)C1=C(/C=C\C/C=C\C)C(S)(S)C(C=C)=C1C=C. The van der Waals surface area contributed by atoms with Crippen LogP contribution >= 0.6 is 25.3 Å². The van der Waals surface area contributed by atoms with Crippen LogP contribution in [0.2, 0.25) is 0 Å². The van der Waals surface area contributed by atoms with Gasteiger partial charge in [0.15, 0.2) is 0 Å². The first kappa shape index (κ1) is 17.7. The highest BCUT2D eigenvalue weighted by molar-refractivity contribution is 8.01. The molecular formula is C19H22S2. The van der Waals surface area contributed by atoms with Crippen molar-refractivity contribution in [1.29, 1.82) is 0 Å². The standard InChI is InChI=1S/C19H22S2/c1-6-10-11-12-13-17-18(14(5)7-2)15(8-3)16(9-4)19(17,20)21/h6-10,12-13,20-21H,2-5,11H2,1H3/b10-6-,13-12-. The van der Waals surface area contributed by atoms with Crippen LogP contribution in [0.15, 0.2) is 96.7 Å². The van der Waals surface area contributed by atoms with Crippen molar-refractivity contribution in [1.82, 2.24) is 0 Å². The van der Waals surface area contributed by atoms with Gasteiger partial charge in [-0.05, 0) is 41.2 Å². The van der Waals surface area contributed by atoms with Gasteiger partial charge >= 0.3 is 0 Å². The molecule has 21 heavy (non-hydrogen) atoms. The molecule has 0 aliphatic heterocycles. The normalized spacial score (nSPS) is 17.9. The lowest BCUT2D eigenvalue weighted by molar-refractivity contribution is 1.19. The molecule has 0 N–H and O–H groups in total. The van der Waals surface area contributed by atoms with Gasteiger partial charge in [-0.1, -0.05) is 68.8 Å². The van der Waals surface area contributed by atoms with Gasteiger partial charge in [0.25, 0.3) is 0 Å². The summed E-state index contributed by atoms with van der Waals surface area (Å²) in [7, 11) is 0. The Kier molecular flexibility index (Phi) is 6.38. The fourth-order valence-electron chi connectivity index (χ4n) is 2.30. The van der Waals surface area contributed by atoms with E-state index in [4.69, 9.17) is 25.3 Å². The van der Waals surface area contributed by atoms with Crippen molar-refractivity contribution in [2.24, 2.45) is 0 Å². The third-order valence-electron chi connectivity index (χ3n) is 3.35. The molecule has 0 amide bonds. The van der Waals surface area contributed by atoms with Crippen molar-refractivity contribution in [2.45, 2.75) is 17.4 Å². The number of rotatable bonds is 7. The van der Waals surface area contributed by atoms with Crippen LogP contribution in [0, 0.1) is 0 Å². The van der Waals surface area contributed by atoms with Crippen LogP contribution in [0.5, 0.6) is 0 Å². The maximum Gasteiger partial charge on any atom is 0.107 e. The van der Waals surface area contributed by atoms with Crippen LogP contribution in [0.3, 0.4) is 0 Å². The fraction of sp³-hybridized carbons (Fsp3) is 0.158. The van der Waals surface area contributed by atoms with E-state index in [1.165, 1.54) is 0 Å². The van der Waals surface area contributed by atoms with Crippen molar-refractivity contribution in [3.8, 4) is 0 Å². The van der Waals surface area contributed by atoms with Crippen LogP contribution in [0.1, 0.15) is 13.3 Å². The first-order valence-corrected chi connectivity index (χ1v) is 7.64. The number of hydrogen-bond acceptors (Lipinski definition) is 2. The van der Waals surface area contributed by atoms with Crippen LogP contribution < -0.4 is 0 Å². The smallest absolute Gasteiger partial charge is 0.107 e. The van der Waals surface area contributed by atoms with E-state index < -0.39 is 4.08 Å². The summed E-state index contributed by atoms with van der Waals surface area (Å²) >= 11 is 9.47. The zero-order chi connectivity index (χ0) is 16.0. The predicted molar refractivity (Wildman–Crippen MR) is 103 cm³/mol. The van der Waals surface area contributed by atoms with Gasteiger partial charge in [-0.15, -0.1) is 0 Å². The average molecular weight is 315 g/mol. The molecule has 0 fully saturated rings. The molecule has 0 saturated carbocycles. The van der Waals surface area contributed by atoms with E-state index >= 15 is 0 Å². The molecule has 0 bridgehead atoms. The lowest BCUT2D eigenvalue weighted by Crippen LogP contribution is -2.15. The monoisotopic (exact) mass is 314 g/mol. The molecular weight excluding hydrogens is 292 g/mol. The Morgan fingerprint density at radius 1 is 1.10 bits per heavy atom. The van der Waals surface area contributed by atoms with E-state index in [2.05, 4.69) is 38.5 Å². The van der Waals surface area contributed by atoms with Crippen molar-refractivity contribution < 1.29 is 0 Å². The van der Waals surface area contributed by atoms with Crippen molar-refractivity contribution >= 4 is 25.3 Å². The lowest BCUT2D eigenvalue weighted by Gasteiger charge is -2.21. The Morgan fingerprint density at radius 2 is 1.76 bits per heavy atom. The first-order chi connectivity index (χ1) is 9.95. The van der Waals surface area contributed by atoms with Gasteiger partial charge in [-0.3, -0.25) is 0 Å². The van der Waals surface area contributed by atoms with Crippen molar-refractivity contribution in [3.63, 3.8) is 0 Å². The molecule has 2 heteroatoms. The molecule has 0 aromatic carbocycles. The average Bonchev–Trinajstić information content (AvgIpc) is 2.69. The maximum absolute atomic E-state index is 4.73. The molecule has 0 atom stereocenters. The summed E-state index contributed by atoms with van der Waals surface area (Å²) in [5.41, 5.74) is 4.68. The summed E-state index contributed by atoms with van der Waals surface area (Å²) in [5, 5.41) is 0. The van der Waals surface area contributed by atoms with Crippen LogP contribution in [0.4, 0.5) is 0 Å². The summed E-state index contributed by atoms with van der Waals surface area (Å²) in [6, 6.07) is 0. The van der Waals surface area contributed by atoms with E-state index in [0.717, 1.165) is 34.3 Å². The van der Waals surface area contributed by atoms with E-state index in [1.54, 1.807) is 18.2 Å². The molecule has 0 saturated heterocycles. The minimum absolute atomic E-state index is 0.709. The molecule has 1 aliphatic rings. The Hall–Kier alpha value is -1.38. The molecule has 0 aromatic rings. The van der Waals surface area contributed by atoms with Gasteiger partial charge < -0.3 is 0 Å². The third kappa shape index (κ3) is 3.45. The van der Waals surface area contributed by atoms with Crippen LogP contribution in [-0.2, 0) is 0 Å². The molecule has 0 nitrogen and oxygen atoms in total. The Labute approximate surface area is 139 Å². The Morgan fingerprint density at radius 3 is 2.24 bits per heavy atom. The molecule has 0 unspecified atom stereocenters. The summed E-state index contributed by atoms with van der Waals surface area (Å²) in [6.45, 7) is 17.7. The minimum Gasteiger partial charge on any atom is -0.152 e. The first-order valence-electron chi connectivity index (χ1n) is 6.74. The number of allylic oxidation sites excluding steroid dienone is 10. The second-order valence-corrected chi connectivity index (χ2v) is 6.33. The summed E-state index contributed by atoms with van der Waals surface area (Å²) < 4.78 is -0.709. The lowest BCUT2D eigenvalue weighted by atomic mass is 9.97. The zero-order valence-corrected chi connectivity index (χ0v) is 14.3. The molecule has 0 heterocycles.